The second kappa shape index (κ2) is 9.35. The van der Waals surface area contributed by atoms with Gasteiger partial charge in [-0.15, -0.1) is 0 Å². The van der Waals surface area contributed by atoms with Crippen LogP contribution in [-0.4, -0.2) is 52.1 Å². The fourth-order valence-electron chi connectivity index (χ4n) is 4.20. The maximum absolute atomic E-state index is 12.2. The number of unbranched alkanes of at least 4 members (excludes halogenated alkanes) is 3. The van der Waals surface area contributed by atoms with Crippen molar-refractivity contribution < 1.29 is 9.53 Å². The number of nitrogens with zero attached hydrogens (tertiary/aromatic N) is 3. The number of rotatable bonds is 8. The topological polar surface area (TPSA) is 71.1 Å². The Labute approximate surface area is 171 Å². The van der Waals surface area contributed by atoms with Gasteiger partial charge in [0.2, 0.25) is 5.91 Å². The first kappa shape index (κ1) is 19.8. The molecule has 1 N–H and O–H groups in total. The van der Waals surface area contributed by atoms with E-state index in [9.17, 15) is 4.79 Å². The van der Waals surface area contributed by atoms with Crippen LogP contribution in [0.3, 0.4) is 0 Å². The number of aromatic nitrogens is 3. The van der Waals surface area contributed by atoms with E-state index in [2.05, 4.69) is 29.0 Å². The van der Waals surface area contributed by atoms with E-state index in [0.717, 1.165) is 72.8 Å². The lowest BCUT2D eigenvalue weighted by Crippen LogP contribution is -2.40. The van der Waals surface area contributed by atoms with E-state index in [-0.39, 0.29) is 5.91 Å². The Balaban J connectivity index is 1.26. The van der Waals surface area contributed by atoms with Gasteiger partial charge in [0, 0.05) is 30.8 Å². The van der Waals surface area contributed by atoms with Crippen molar-refractivity contribution in [1.82, 2.24) is 19.9 Å². The predicted octanol–water partition coefficient (Wildman–Crippen LogP) is 4.41. The number of fused-ring (bicyclic) bond motifs is 3. The lowest BCUT2D eigenvalue weighted by molar-refractivity contribution is -0.135. The molecule has 1 saturated heterocycles. The third kappa shape index (κ3) is 4.58. The Kier molecular flexibility index (Phi) is 6.39. The van der Waals surface area contributed by atoms with Gasteiger partial charge in [0.05, 0.1) is 41.8 Å². The van der Waals surface area contributed by atoms with Crippen molar-refractivity contribution in [2.45, 2.75) is 51.4 Å². The molecule has 1 atom stereocenters. The molecule has 4 rings (SSSR count). The smallest absolute Gasteiger partial charge is 0.222 e. The number of para-hydroxylation sites is 1. The van der Waals surface area contributed by atoms with Crippen molar-refractivity contribution in [2.24, 2.45) is 0 Å². The molecule has 6 heteroatoms. The number of aromatic amines is 1. The van der Waals surface area contributed by atoms with E-state index in [1.54, 1.807) is 6.33 Å². The summed E-state index contributed by atoms with van der Waals surface area (Å²) in [6.45, 7) is 5.10. The normalized spacial score (nSPS) is 15.8. The van der Waals surface area contributed by atoms with Crippen LogP contribution in [0.15, 0.2) is 30.6 Å². The molecule has 0 spiro atoms. The van der Waals surface area contributed by atoms with Gasteiger partial charge in [0.15, 0.2) is 0 Å². The average Bonchev–Trinajstić information content (AvgIpc) is 3.26. The second-order valence-corrected chi connectivity index (χ2v) is 7.99. The van der Waals surface area contributed by atoms with E-state index in [4.69, 9.17) is 9.72 Å². The van der Waals surface area contributed by atoms with Crippen molar-refractivity contribution >= 4 is 27.8 Å². The van der Waals surface area contributed by atoms with Gasteiger partial charge < -0.3 is 14.6 Å². The molecule has 3 heterocycles. The summed E-state index contributed by atoms with van der Waals surface area (Å²) in [7, 11) is 0. The van der Waals surface area contributed by atoms with Gasteiger partial charge in [-0.1, -0.05) is 44.4 Å². The minimum atomic E-state index is 0.281. The molecule has 0 aliphatic carbocycles. The first-order chi connectivity index (χ1) is 14.2. The van der Waals surface area contributed by atoms with Crippen molar-refractivity contribution in [3.63, 3.8) is 0 Å². The molecule has 2 aromatic heterocycles. The summed E-state index contributed by atoms with van der Waals surface area (Å²) in [6, 6.07) is 8.20. The van der Waals surface area contributed by atoms with E-state index in [0.29, 0.717) is 25.6 Å². The largest absolute Gasteiger partial charge is 0.378 e. The number of H-pyrrole nitrogens is 1. The number of imidazole rings is 1. The van der Waals surface area contributed by atoms with Crippen LogP contribution in [0.4, 0.5) is 0 Å². The highest BCUT2D eigenvalue weighted by molar-refractivity contribution is 6.02. The van der Waals surface area contributed by atoms with Gasteiger partial charge in [-0.05, 0) is 18.9 Å². The lowest BCUT2D eigenvalue weighted by Gasteiger charge is -2.26. The summed E-state index contributed by atoms with van der Waals surface area (Å²) < 4.78 is 5.31. The van der Waals surface area contributed by atoms with Gasteiger partial charge in [-0.25, -0.2) is 4.98 Å². The Hall–Kier alpha value is -2.47. The van der Waals surface area contributed by atoms with Crippen LogP contribution < -0.4 is 0 Å². The molecule has 1 aromatic carbocycles. The molecule has 0 bridgehead atoms. The maximum atomic E-state index is 12.2. The first-order valence-corrected chi connectivity index (χ1v) is 10.8. The highest BCUT2D eigenvalue weighted by atomic mass is 16.5. The Morgan fingerprint density at radius 2 is 1.97 bits per heavy atom. The SMILES string of the molecule is CC(CCCCCCC(=O)N1CCOCC1)c1nc2ccccc2c2nc[nH]c12. The number of hydrogen-bond acceptors (Lipinski definition) is 4. The number of carbonyl (C=O) groups is 1. The van der Waals surface area contributed by atoms with Crippen molar-refractivity contribution in [3.05, 3.63) is 36.3 Å². The number of ether oxygens (including phenoxy) is 1. The van der Waals surface area contributed by atoms with E-state index >= 15 is 0 Å². The van der Waals surface area contributed by atoms with Crippen LogP contribution in [0.2, 0.25) is 0 Å². The second-order valence-electron chi connectivity index (χ2n) is 7.99. The van der Waals surface area contributed by atoms with Gasteiger partial charge in [-0.2, -0.15) is 0 Å². The van der Waals surface area contributed by atoms with Gasteiger partial charge in [0.1, 0.15) is 0 Å². The lowest BCUT2D eigenvalue weighted by atomic mass is 9.97. The van der Waals surface area contributed by atoms with Crippen molar-refractivity contribution in [1.29, 1.82) is 0 Å². The van der Waals surface area contributed by atoms with Crippen LogP contribution in [0.5, 0.6) is 0 Å². The average molecular weight is 395 g/mol. The first-order valence-electron chi connectivity index (χ1n) is 10.8. The Morgan fingerprint density at radius 3 is 2.83 bits per heavy atom. The van der Waals surface area contributed by atoms with Gasteiger partial charge >= 0.3 is 0 Å². The zero-order valence-electron chi connectivity index (χ0n) is 17.2. The van der Waals surface area contributed by atoms with Crippen LogP contribution in [0, 0.1) is 0 Å². The molecule has 6 nitrogen and oxygen atoms in total. The van der Waals surface area contributed by atoms with E-state index in [1.807, 2.05) is 17.0 Å². The summed E-state index contributed by atoms with van der Waals surface area (Å²) in [5.41, 5.74) is 4.20. The molecule has 1 aliphatic heterocycles. The highest BCUT2D eigenvalue weighted by Crippen LogP contribution is 2.30. The molecule has 1 fully saturated rings. The van der Waals surface area contributed by atoms with Crippen molar-refractivity contribution in [3.8, 4) is 0 Å². The summed E-state index contributed by atoms with van der Waals surface area (Å²) in [4.78, 5) is 26.9. The van der Waals surface area contributed by atoms with E-state index in [1.165, 1.54) is 0 Å². The number of benzene rings is 1. The number of pyridine rings is 1. The minimum Gasteiger partial charge on any atom is -0.378 e. The standard InChI is InChI=1S/C23H30N4O2/c1-17(8-4-2-3-5-11-20(28)27-12-14-29-15-13-27)21-23-22(24-16-25-23)18-9-6-7-10-19(18)26-21/h6-7,9-10,16-17H,2-5,8,11-15H2,1H3,(H,24,25). The minimum absolute atomic E-state index is 0.281. The van der Waals surface area contributed by atoms with Crippen molar-refractivity contribution in [2.75, 3.05) is 26.3 Å². The van der Waals surface area contributed by atoms with Crippen LogP contribution in [-0.2, 0) is 9.53 Å². The summed E-state index contributed by atoms with van der Waals surface area (Å²) in [6.07, 6.45) is 7.91. The zero-order chi connectivity index (χ0) is 20.1. The fraction of sp³-hybridized carbons (Fsp3) is 0.522. The third-order valence-corrected chi connectivity index (χ3v) is 5.90. The summed E-state index contributed by atoms with van der Waals surface area (Å²) in [5.74, 6) is 0.654. The molecule has 1 amide bonds. The Bertz CT molecular complexity index is 962. The van der Waals surface area contributed by atoms with Crippen LogP contribution >= 0.6 is 0 Å². The van der Waals surface area contributed by atoms with Crippen LogP contribution in [0.1, 0.15) is 57.1 Å². The molecule has 0 radical (unpaired) electrons. The number of hydrogen-bond donors (Lipinski definition) is 1. The fourth-order valence-corrected chi connectivity index (χ4v) is 4.20. The monoisotopic (exact) mass is 394 g/mol. The third-order valence-electron chi connectivity index (χ3n) is 5.90. The van der Waals surface area contributed by atoms with E-state index < -0.39 is 0 Å². The molecular weight excluding hydrogens is 364 g/mol. The molecule has 154 valence electrons. The summed E-state index contributed by atoms with van der Waals surface area (Å²) in [5, 5.41) is 1.10. The van der Waals surface area contributed by atoms with Gasteiger partial charge in [0.25, 0.3) is 0 Å². The quantitative estimate of drug-likeness (QED) is 0.574. The van der Waals surface area contributed by atoms with Crippen LogP contribution in [0.25, 0.3) is 21.9 Å². The molecule has 3 aromatic rings. The predicted molar refractivity (Wildman–Crippen MR) is 115 cm³/mol. The zero-order valence-corrected chi connectivity index (χ0v) is 17.2. The number of amides is 1. The molecule has 1 unspecified atom stereocenters. The molecule has 1 aliphatic rings. The van der Waals surface area contributed by atoms with Gasteiger partial charge in [-0.3, -0.25) is 9.78 Å². The highest BCUT2D eigenvalue weighted by Gasteiger charge is 2.17. The number of morpholine rings is 1. The summed E-state index contributed by atoms with van der Waals surface area (Å²) >= 11 is 0. The Morgan fingerprint density at radius 1 is 1.17 bits per heavy atom. The number of nitrogens with one attached hydrogen (secondary N) is 1. The molecule has 29 heavy (non-hydrogen) atoms. The molecular formula is C23H30N4O2. The molecule has 0 saturated carbocycles. The number of carbonyl (C=O) groups excluding carboxylic acids is 1. The maximum Gasteiger partial charge on any atom is 0.222 e.